The molecule has 0 atom stereocenters. The van der Waals surface area contributed by atoms with Gasteiger partial charge in [0.1, 0.15) is 22.9 Å². The molecule has 23 heavy (non-hydrogen) atoms. The van der Waals surface area contributed by atoms with Gasteiger partial charge >= 0.3 is 0 Å². The maximum atomic E-state index is 13.2. The first-order valence-electron chi connectivity index (χ1n) is 6.96. The molecule has 1 heterocycles. The summed E-state index contributed by atoms with van der Waals surface area (Å²) in [5.74, 6) is 0.245. The molecule has 2 aromatic carbocycles. The van der Waals surface area contributed by atoms with Crippen LogP contribution in [-0.2, 0) is 0 Å². The second kappa shape index (κ2) is 6.00. The van der Waals surface area contributed by atoms with Crippen LogP contribution in [0.5, 0.6) is 5.75 Å². The second-order valence-corrected chi connectivity index (χ2v) is 5.04. The molecule has 0 saturated carbocycles. The fraction of sp³-hybridized carbons (Fsp3) is 0.118. The van der Waals surface area contributed by atoms with Crippen molar-refractivity contribution in [2.45, 2.75) is 6.92 Å². The van der Waals surface area contributed by atoms with Crippen molar-refractivity contribution in [2.75, 3.05) is 7.11 Å². The molecule has 0 unspecified atom stereocenters. The third kappa shape index (κ3) is 2.70. The average molecular weight is 311 g/mol. The zero-order valence-electron chi connectivity index (χ0n) is 12.7. The highest BCUT2D eigenvalue weighted by molar-refractivity contribution is 5.84. The van der Waals surface area contributed by atoms with Crippen molar-refractivity contribution in [1.29, 1.82) is 0 Å². The summed E-state index contributed by atoms with van der Waals surface area (Å²) in [7, 11) is 1.56. The molecule has 3 rings (SSSR count). The fourth-order valence-electron chi connectivity index (χ4n) is 2.38. The van der Waals surface area contributed by atoms with Crippen molar-refractivity contribution in [2.24, 2.45) is 0 Å². The molecule has 0 aliphatic heterocycles. The van der Waals surface area contributed by atoms with E-state index in [1.54, 1.807) is 19.2 Å². The molecule has 0 bridgehead atoms. The number of aromatic nitrogens is 3. The molecule has 0 aliphatic carbocycles. The van der Waals surface area contributed by atoms with E-state index in [2.05, 4.69) is 10.3 Å². The zero-order valence-corrected chi connectivity index (χ0v) is 12.7. The molecule has 1 aromatic heterocycles. The van der Waals surface area contributed by atoms with Crippen molar-refractivity contribution >= 4 is 6.29 Å². The summed E-state index contributed by atoms with van der Waals surface area (Å²) in [6.07, 6.45) is 0.629. The zero-order chi connectivity index (χ0) is 16.4. The van der Waals surface area contributed by atoms with Crippen LogP contribution in [0.15, 0.2) is 42.5 Å². The maximum Gasteiger partial charge on any atom is 0.172 e. The minimum atomic E-state index is -0.353. The Morgan fingerprint density at radius 1 is 1.17 bits per heavy atom. The van der Waals surface area contributed by atoms with Gasteiger partial charge < -0.3 is 4.74 Å². The number of hydrogen-bond donors (Lipinski definition) is 0. The number of aryl methyl sites for hydroxylation is 1. The summed E-state index contributed by atoms with van der Waals surface area (Å²) >= 11 is 0. The molecule has 3 aromatic rings. The topological polar surface area (TPSA) is 57.0 Å². The maximum absolute atomic E-state index is 13.2. The molecule has 0 radical (unpaired) electrons. The number of rotatable bonds is 4. The highest BCUT2D eigenvalue weighted by Crippen LogP contribution is 2.30. The molecule has 6 heteroatoms. The lowest BCUT2D eigenvalue weighted by molar-refractivity contribution is 0.111. The number of carbonyl (C=O) groups excluding carboxylic acids is 1. The number of hydrogen-bond acceptors (Lipinski definition) is 4. The molecule has 116 valence electrons. The predicted octanol–water partition coefficient (Wildman–Crippen LogP) is 3.20. The van der Waals surface area contributed by atoms with Crippen LogP contribution in [0.4, 0.5) is 4.39 Å². The van der Waals surface area contributed by atoms with Gasteiger partial charge in [0.05, 0.1) is 7.11 Å². The summed E-state index contributed by atoms with van der Waals surface area (Å²) in [6.45, 7) is 1.94. The van der Waals surface area contributed by atoms with E-state index in [-0.39, 0.29) is 11.5 Å². The van der Waals surface area contributed by atoms with Crippen molar-refractivity contribution in [1.82, 2.24) is 15.0 Å². The van der Waals surface area contributed by atoms with E-state index in [1.807, 2.05) is 25.1 Å². The second-order valence-electron chi connectivity index (χ2n) is 5.04. The Balaban J connectivity index is 2.26. The first kappa shape index (κ1) is 14.9. The molecule has 0 saturated heterocycles. The number of aldehydes is 1. The summed E-state index contributed by atoms with van der Waals surface area (Å²) < 4.78 is 20.1. The van der Waals surface area contributed by atoms with Gasteiger partial charge in [-0.05, 0) is 48.9 Å². The molecular formula is C17H14FN3O2. The average Bonchev–Trinajstić information content (AvgIpc) is 2.99. The van der Waals surface area contributed by atoms with E-state index >= 15 is 0 Å². The number of nitrogens with zero attached hydrogens (tertiary/aromatic N) is 3. The summed E-state index contributed by atoms with van der Waals surface area (Å²) in [4.78, 5) is 11.3. The smallest absolute Gasteiger partial charge is 0.172 e. The fourth-order valence-corrected chi connectivity index (χ4v) is 2.38. The monoisotopic (exact) mass is 311 g/mol. The molecule has 0 aliphatic rings. The van der Waals surface area contributed by atoms with E-state index in [4.69, 9.17) is 4.74 Å². The van der Waals surface area contributed by atoms with Gasteiger partial charge in [0.25, 0.3) is 0 Å². The van der Waals surface area contributed by atoms with E-state index in [0.717, 1.165) is 5.56 Å². The van der Waals surface area contributed by atoms with Crippen LogP contribution < -0.4 is 4.74 Å². The number of carbonyl (C=O) groups is 1. The Hall–Kier alpha value is -3.02. The van der Waals surface area contributed by atoms with Gasteiger partial charge in [0.2, 0.25) is 0 Å². The van der Waals surface area contributed by atoms with Gasteiger partial charge in [0.15, 0.2) is 12.0 Å². The molecule has 5 nitrogen and oxygen atoms in total. The first-order valence-corrected chi connectivity index (χ1v) is 6.96. The molecular weight excluding hydrogens is 297 g/mol. The molecule has 0 spiro atoms. The Bertz CT molecular complexity index is 857. The number of methoxy groups -OCH3 is 1. The Morgan fingerprint density at radius 2 is 1.91 bits per heavy atom. The highest BCUT2D eigenvalue weighted by atomic mass is 19.1. The minimum absolute atomic E-state index is 0.181. The van der Waals surface area contributed by atoms with E-state index in [0.29, 0.717) is 29.0 Å². The Labute approximate surface area is 132 Å². The van der Waals surface area contributed by atoms with Gasteiger partial charge in [-0.2, -0.15) is 0 Å². The SMILES string of the molecule is COc1ccc(C)cc1-n1nnc(C=O)c1-c1ccc(F)cc1. The molecule has 0 N–H and O–H groups in total. The summed E-state index contributed by atoms with van der Waals surface area (Å²) in [6, 6.07) is 11.4. The molecule has 0 fully saturated rings. The van der Waals surface area contributed by atoms with E-state index in [9.17, 15) is 9.18 Å². The lowest BCUT2D eigenvalue weighted by atomic mass is 10.1. The van der Waals surface area contributed by atoms with Crippen LogP contribution in [0.25, 0.3) is 16.9 Å². The van der Waals surface area contributed by atoms with Gasteiger partial charge in [-0.25, -0.2) is 9.07 Å². The van der Waals surface area contributed by atoms with Crippen LogP contribution in [-0.4, -0.2) is 28.4 Å². The van der Waals surface area contributed by atoms with Crippen molar-refractivity contribution in [3.05, 3.63) is 59.5 Å². The highest BCUT2D eigenvalue weighted by Gasteiger charge is 2.18. The van der Waals surface area contributed by atoms with Crippen LogP contribution in [0.3, 0.4) is 0 Å². The minimum Gasteiger partial charge on any atom is -0.494 e. The standard InChI is InChI=1S/C17H14FN3O2/c1-11-3-8-16(23-2)15(9-11)21-17(14(10-22)19-20-21)12-4-6-13(18)7-5-12/h3-10H,1-2H3. The third-order valence-corrected chi connectivity index (χ3v) is 3.49. The summed E-state index contributed by atoms with van der Waals surface area (Å²) in [5.41, 5.74) is 2.98. The van der Waals surface area contributed by atoms with Crippen LogP contribution in [0, 0.1) is 12.7 Å². The Morgan fingerprint density at radius 3 is 2.57 bits per heavy atom. The van der Waals surface area contributed by atoms with Gasteiger partial charge in [-0.3, -0.25) is 4.79 Å². The largest absolute Gasteiger partial charge is 0.494 e. The first-order chi connectivity index (χ1) is 11.1. The Kier molecular flexibility index (Phi) is 3.89. The van der Waals surface area contributed by atoms with Crippen LogP contribution in [0.1, 0.15) is 16.1 Å². The van der Waals surface area contributed by atoms with Crippen LogP contribution in [0.2, 0.25) is 0 Å². The van der Waals surface area contributed by atoms with E-state index in [1.165, 1.54) is 16.8 Å². The van der Waals surface area contributed by atoms with Crippen molar-refractivity contribution in [3.8, 4) is 22.7 Å². The number of ether oxygens (including phenoxy) is 1. The quantitative estimate of drug-likeness (QED) is 0.694. The molecule has 0 amide bonds. The van der Waals surface area contributed by atoms with Gasteiger partial charge in [0, 0.05) is 5.56 Å². The summed E-state index contributed by atoms with van der Waals surface area (Å²) in [5, 5.41) is 7.98. The normalized spacial score (nSPS) is 10.6. The van der Waals surface area contributed by atoms with E-state index < -0.39 is 0 Å². The van der Waals surface area contributed by atoms with Crippen molar-refractivity contribution in [3.63, 3.8) is 0 Å². The number of benzene rings is 2. The lowest BCUT2D eigenvalue weighted by Crippen LogP contribution is -2.03. The lowest BCUT2D eigenvalue weighted by Gasteiger charge is -2.12. The number of halogens is 1. The third-order valence-electron chi connectivity index (χ3n) is 3.49. The van der Waals surface area contributed by atoms with Gasteiger partial charge in [-0.1, -0.05) is 11.3 Å². The van der Waals surface area contributed by atoms with Crippen molar-refractivity contribution < 1.29 is 13.9 Å². The predicted molar refractivity (Wildman–Crippen MR) is 83.4 cm³/mol. The van der Waals surface area contributed by atoms with Crippen LogP contribution >= 0.6 is 0 Å². The van der Waals surface area contributed by atoms with Gasteiger partial charge in [-0.15, -0.1) is 5.10 Å².